The van der Waals surface area contributed by atoms with Crippen LogP contribution in [-0.2, 0) is 15.7 Å². The topological polar surface area (TPSA) is 125 Å². The Balaban J connectivity index is 0.000000917. The van der Waals surface area contributed by atoms with E-state index in [2.05, 4.69) is 30.6 Å². The third kappa shape index (κ3) is 5.88. The number of anilines is 1. The monoisotopic (exact) mass is 492 g/mol. The summed E-state index contributed by atoms with van der Waals surface area (Å²) in [6.45, 7) is 2.11. The van der Waals surface area contributed by atoms with Crippen molar-refractivity contribution in [1.82, 2.24) is 25.3 Å². The Hall–Kier alpha value is -3.25. The first-order chi connectivity index (χ1) is 16.9. The highest BCUT2D eigenvalue weighted by Gasteiger charge is 2.36. The van der Waals surface area contributed by atoms with E-state index in [4.69, 9.17) is 14.6 Å². The van der Waals surface area contributed by atoms with Gasteiger partial charge in [-0.3, -0.25) is 4.79 Å². The van der Waals surface area contributed by atoms with Crippen LogP contribution in [0.4, 0.5) is 19.1 Å². The maximum atomic E-state index is 13.8. The van der Waals surface area contributed by atoms with E-state index in [1.807, 2.05) is 6.07 Å². The van der Waals surface area contributed by atoms with Crippen LogP contribution in [0.2, 0.25) is 0 Å². The SMILES string of the molecule is FC(F)(F)c1cnc(NC2CCCNC2)nc1-c1c[nH]c2nc(C3CCCCO3)ccc12.O=CO. The van der Waals surface area contributed by atoms with Gasteiger partial charge in [-0.25, -0.2) is 15.0 Å². The number of ether oxygens (including phenoxy) is 1. The zero-order chi connectivity index (χ0) is 24.8. The first-order valence-corrected chi connectivity index (χ1v) is 11.5. The number of nitrogens with one attached hydrogen (secondary N) is 3. The molecule has 0 aromatic carbocycles. The number of H-pyrrole nitrogens is 1. The summed E-state index contributed by atoms with van der Waals surface area (Å²) in [4.78, 5) is 24.3. The smallest absolute Gasteiger partial charge is 0.419 e. The summed E-state index contributed by atoms with van der Waals surface area (Å²) in [5.74, 6) is 0.191. The molecule has 188 valence electrons. The molecule has 0 amide bonds. The molecule has 2 aliphatic rings. The van der Waals surface area contributed by atoms with Crippen molar-refractivity contribution in [2.75, 3.05) is 25.0 Å². The third-order valence-corrected chi connectivity index (χ3v) is 6.05. The van der Waals surface area contributed by atoms with Crippen LogP contribution >= 0.6 is 0 Å². The highest BCUT2D eigenvalue weighted by atomic mass is 19.4. The molecule has 2 atom stereocenters. The van der Waals surface area contributed by atoms with Crippen LogP contribution in [-0.4, -0.2) is 57.3 Å². The quantitative estimate of drug-likeness (QED) is 0.401. The number of rotatable bonds is 4. The van der Waals surface area contributed by atoms with Gasteiger partial charge in [0.05, 0.1) is 17.5 Å². The number of halogens is 3. The fourth-order valence-electron chi connectivity index (χ4n) is 4.39. The Kier molecular flexibility index (Phi) is 7.81. The van der Waals surface area contributed by atoms with Crippen molar-refractivity contribution in [3.8, 4) is 11.3 Å². The van der Waals surface area contributed by atoms with Gasteiger partial charge < -0.3 is 25.5 Å². The fraction of sp³-hybridized carbons (Fsp3) is 0.478. The van der Waals surface area contributed by atoms with Gasteiger partial charge in [0, 0.05) is 42.5 Å². The van der Waals surface area contributed by atoms with Crippen molar-refractivity contribution in [2.45, 2.75) is 50.4 Å². The Morgan fingerprint density at radius 1 is 1.17 bits per heavy atom. The molecule has 0 saturated carbocycles. The number of fused-ring (bicyclic) bond motifs is 1. The standard InChI is InChI=1S/C22H25F3N6O.CH2O2/c23-22(24,25)16-12-28-21(29-13-4-3-8-26-10-13)31-19(16)15-11-27-20-14(15)6-7-17(30-20)18-5-1-2-9-32-18;2-1-3/h6-7,11-13,18,26H,1-5,8-10H2,(H,27,30)(H,28,29,31);1H,(H,2,3). The number of pyridine rings is 1. The van der Waals surface area contributed by atoms with Gasteiger partial charge in [0.2, 0.25) is 5.95 Å². The number of aromatic amines is 1. The summed E-state index contributed by atoms with van der Waals surface area (Å²) in [6, 6.07) is 3.70. The lowest BCUT2D eigenvalue weighted by Gasteiger charge is -2.24. The average molecular weight is 493 g/mol. The second-order valence-electron chi connectivity index (χ2n) is 8.44. The van der Waals surface area contributed by atoms with Crippen LogP contribution < -0.4 is 10.6 Å². The number of hydrogen-bond acceptors (Lipinski definition) is 7. The van der Waals surface area contributed by atoms with Gasteiger partial charge in [0.25, 0.3) is 6.47 Å². The number of aromatic nitrogens is 4. The van der Waals surface area contributed by atoms with Crippen LogP contribution in [0.5, 0.6) is 0 Å². The normalized spacial score (nSPS) is 20.7. The maximum absolute atomic E-state index is 13.8. The van der Waals surface area contributed by atoms with Gasteiger partial charge in [0.15, 0.2) is 0 Å². The van der Waals surface area contributed by atoms with Crippen LogP contribution in [0.1, 0.15) is 49.5 Å². The lowest BCUT2D eigenvalue weighted by Crippen LogP contribution is -2.38. The van der Waals surface area contributed by atoms with E-state index in [0.717, 1.165) is 57.1 Å². The third-order valence-electron chi connectivity index (χ3n) is 6.05. The molecule has 0 radical (unpaired) electrons. The first-order valence-electron chi connectivity index (χ1n) is 11.5. The highest BCUT2D eigenvalue weighted by Crippen LogP contribution is 2.39. The first kappa shape index (κ1) is 24.9. The zero-order valence-electron chi connectivity index (χ0n) is 18.9. The van der Waals surface area contributed by atoms with E-state index in [-0.39, 0.29) is 30.3 Å². The molecule has 2 unspecified atom stereocenters. The summed E-state index contributed by atoms with van der Waals surface area (Å²) >= 11 is 0. The number of carboxylic acid groups (broad SMARTS) is 1. The predicted octanol–water partition coefficient (Wildman–Crippen LogP) is 4.15. The lowest BCUT2D eigenvalue weighted by atomic mass is 10.0. The van der Waals surface area contributed by atoms with Crippen LogP contribution in [0.15, 0.2) is 24.5 Å². The minimum atomic E-state index is -4.58. The minimum absolute atomic E-state index is 0.0791. The fourth-order valence-corrected chi connectivity index (χ4v) is 4.39. The molecule has 5 heterocycles. The van der Waals surface area contributed by atoms with Crippen LogP contribution in [0.25, 0.3) is 22.3 Å². The van der Waals surface area contributed by atoms with Gasteiger partial charge in [-0.1, -0.05) is 0 Å². The van der Waals surface area contributed by atoms with Gasteiger partial charge >= 0.3 is 6.18 Å². The molecule has 2 saturated heterocycles. The molecule has 0 spiro atoms. The number of alkyl halides is 3. The lowest BCUT2D eigenvalue weighted by molar-refractivity contribution is -0.137. The number of nitrogens with zero attached hydrogens (tertiary/aromatic N) is 3. The molecule has 3 aromatic heterocycles. The molecule has 0 bridgehead atoms. The molecule has 4 N–H and O–H groups in total. The Morgan fingerprint density at radius 3 is 2.69 bits per heavy atom. The van der Waals surface area contributed by atoms with Crippen molar-refractivity contribution < 1.29 is 27.8 Å². The molecule has 5 rings (SSSR count). The van der Waals surface area contributed by atoms with Crippen LogP contribution in [0.3, 0.4) is 0 Å². The molecule has 0 aliphatic carbocycles. The number of carbonyl (C=O) groups is 1. The molecular weight excluding hydrogens is 465 g/mol. The van der Waals surface area contributed by atoms with Crippen molar-refractivity contribution in [3.63, 3.8) is 0 Å². The molecule has 9 nitrogen and oxygen atoms in total. The van der Waals surface area contributed by atoms with E-state index in [1.165, 1.54) is 6.20 Å². The van der Waals surface area contributed by atoms with Crippen molar-refractivity contribution in [1.29, 1.82) is 0 Å². The zero-order valence-corrected chi connectivity index (χ0v) is 18.9. The van der Waals surface area contributed by atoms with Crippen molar-refractivity contribution in [2.24, 2.45) is 0 Å². The van der Waals surface area contributed by atoms with E-state index in [1.54, 1.807) is 6.07 Å². The summed E-state index contributed by atoms with van der Waals surface area (Å²) in [6.07, 6.45) is 2.64. The van der Waals surface area contributed by atoms with E-state index >= 15 is 0 Å². The Bertz CT molecular complexity index is 1140. The van der Waals surface area contributed by atoms with Crippen molar-refractivity contribution >= 4 is 23.5 Å². The second-order valence-corrected chi connectivity index (χ2v) is 8.44. The minimum Gasteiger partial charge on any atom is -0.483 e. The Labute approximate surface area is 199 Å². The van der Waals surface area contributed by atoms with E-state index in [0.29, 0.717) is 23.2 Å². The summed E-state index contributed by atoms with van der Waals surface area (Å²) in [7, 11) is 0. The molecule has 2 fully saturated rings. The molecule has 12 heteroatoms. The van der Waals surface area contributed by atoms with Gasteiger partial charge in [-0.2, -0.15) is 13.2 Å². The summed E-state index contributed by atoms with van der Waals surface area (Å²) in [5, 5.41) is 13.9. The predicted molar refractivity (Wildman–Crippen MR) is 123 cm³/mol. The second kappa shape index (κ2) is 11.0. The number of piperidine rings is 1. The van der Waals surface area contributed by atoms with Gasteiger partial charge in [0.1, 0.15) is 11.2 Å². The molecule has 2 aliphatic heterocycles. The van der Waals surface area contributed by atoms with E-state index in [9.17, 15) is 13.2 Å². The van der Waals surface area contributed by atoms with Crippen molar-refractivity contribution in [3.05, 3.63) is 35.8 Å². The van der Waals surface area contributed by atoms with Gasteiger partial charge in [-0.15, -0.1) is 0 Å². The summed E-state index contributed by atoms with van der Waals surface area (Å²) in [5.41, 5.74) is 0.628. The average Bonchev–Trinajstić information content (AvgIpc) is 3.28. The number of hydrogen-bond donors (Lipinski definition) is 4. The Morgan fingerprint density at radius 2 is 2.00 bits per heavy atom. The van der Waals surface area contributed by atoms with Crippen LogP contribution in [0, 0.1) is 0 Å². The molecular formula is C23H27F3N6O3. The van der Waals surface area contributed by atoms with E-state index < -0.39 is 11.7 Å². The highest BCUT2D eigenvalue weighted by molar-refractivity contribution is 5.93. The molecule has 35 heavy (non-hydrogen) atoms. The largest absolute Gasteiger partial charge is 0.483 e. The maximum Gasteiger partial charge on any atom is 0.419 e. The van der Waals surface area contributed by atoms with Gasteiger partial charge in [-0.05, 0) is 50.8 Å². The summed E-state index contributed by atoms with van der Waals surface area (Å²) < 4.78 is 47.2. The molecule has 3 aromatic rings.